The number of hydrogen-bond donors (Lipinski definition) is 2. The van der Waals surface area contributed by atoms with Gasteiger partial charge in [-0.05, 0) is 70.6 Å². The molecule has 0 bridgehead atoms. The molecule has 0 spiro atoms. The Bertz CT molecular complexity index is 905. The van der Waals surface area contributed by atoms with E-state index in [1.165, 1.54) is 57.8 Å². The van der Waals surface area contributed by atoms with Crippen LogP contribution in [-0.4, -0.2) is 41.0 Å². The average molecular weight is 683 g/mol. The number of unbranched alkanes of at least 4 members (excludes halogenated alkanes) is 15. The minimum absolute atomic E-state index is 0.137. The van der Waals surface area contributed by atoms with Gasteiger partial charge in [-0.25, -0.2) is 4.57 Å². The molecule has 0 rings (SSSR count). The average Bonchev–Trinajstić information content (AvgIpc) is 3.04. The zero-order valence-electron chi connectivity index (χ0n) is 29.7. The Balaban J connectivity index is 4.09. The summed E-state index contributed by atoms with van der Waals surface area (Å²) < 4.78 is 26.2. The van der Waals surface area contributed by atoms with Crippen LogP contribution in [0.2, 0.25) is 0 Å². The molecule has 0 unspecified atom stereocenters. The SMILES string of the molecule is CCCCC/C=C/CCCCCCCC(=O)OC[C@H](COP(=O)(O)O)OC(=O)CCC/C=C/C/C=C/C/C=C/CCCCCCCC. The van der Waals surface area contributed by atoms with E-state index in [1.54, 1.807) is 0 Å². The van der Waals surface area contributed by atoms with E-state index in [1.807, 2.05) is 6.08 Å². The number of phosphoric acid groups is 1. The summed E-state index contributed by atoms with van der Waals surface area (Å²) in [4.78, 5) is 42.6. The zero-order valence-corrected chi connectivity index (χ0v) is 30.6. The van der Waals surface area contributed by atoms with Crippen LogP contribution in [0, 0.1) is 0 Å². The molecule has 2 N–H and O–H groups in total. The molecule has 0 saturated heterocycles. The predicted molar refractivity (Wildman–Crippen MR) is 193 cm³/mol. The Morgan fingerprint density at radius 3 is 1.55 bits per heavy atom. The second kappa shape index (κ2) is 33.9. The van der Waals surface area contributed by atoms with Crippen molar-refractivity contribution < 1.29 is 37.9 Å². The number of rotatable bonds is 33. The smallest absolute Gasteiger partial charge is 0.462 e. The van der Waals surface area contributed by atoms with Crippen LogP contribution in [-0.2, 0) is 28.2 Å². The van der Waals surface area contributed by atoms with Crippen molar-refractivity contribution in [1.29, 1.82) is 0 Å². The van der Waals surface area contributed by atoms with Crippen molar-refractivity contribution in [3.63, 3.8) is 0 Å². The fourth-order valence-electron chi connectivity index (χ4n) is 4.79. The monoisotopic (exact) mass is 682 g/mol. The van der Waals surface area contributed by atoms with Crippen molar-refractivity contribution in [2.75, 3.05) is 13.2 Å². The molecule has 9 heteroatoms. The minimum atomic E-state index is -4.76. The third-order valence-electron chi connectivity index (χ3n) is 7.57. The van der Waals surface area contributed by atoms with Crippen LogP contribution < -0.4 is 0 Å². The summed E-state index contributed by atoms with van der Waals surface area (Å²) in [6.45, 7) is 3.58. The van der Waals surface area contributed by atoms with Gasteiger partial charge in [-0.15, -0.1) is 0 Å². The van der Waals surface area contributed by atoms with Crippen LogP contribution in [0.5, 0.6) is 0 Å². The second-order valence-corrected chi connectivity index (χ2v) is 13.4. The molecular weight excluding hydrogens is 615 g/mol. The van der Waals surface area contributed by atoms with E-state index in [0.717, 1.165) is 57.8 Å². The van der Waals surface area contributed by atoms with Crippen LogP contribution in [0.1, 0.15) is 162 Å². The first-order valence-corrected chi connectivity index (χ1v) is 20.0. The normalized spacial score (nSPS) is 13.0. The van der Waals surface area contributed by atoms with Gasteiger partial charge in [0.25, 0.3) is 0 Å². The van der Waals surface area contributed by atoms with Crippen molar-refractivity contribution in [1.82, 2.24) is 0 Å². The van der Waals surface area contributed by atoms with Crippen molar-refractivity contribution in [2.45, 2.75) is 168 Å². The quantitative estimate of drug-likeness (QED) is 0.0304. The molecule has 0 amide bonds. The van der Waals surface area contributed by atoms with E-state index in [-0.39, 0.29) is 19.4 Å². The van der Waals surface area contributed by atoms with E-state index >= 15 is 0 Å². The molecule has 0 aromatic heterocycles. The van der Waals surface area contributed by atoms with Crippen LogP contribution >= 0.6 is 7.82 Å². The maximum Gasteiger partial charge on any atom is 0.469 e. The van der Waals surface area contributed by atoms with E-state index in [0.29, 0.717) is 19.3 Å². The van der Waals surface area contributed by atoms with Crippen molar-refractivity contribution >= 4 is 19.8 Å². The number of carbonyl (C=O) groups is 2. The Hall–Kier alpha value is -1.99. The van der Waals surface area contributed by atoms with E-state index in [9.17, 15) is 14.2 Å². The summed E-state index contributed by atoms with van der Waals surface area (Å²) in [6, 6.07) is 0. The first-order chi connectivity index (χ1) is 22.8. The van der Waals surface area contributed by atoms with Crippen molar-refractivity contribution in [3.8, 4) is 0 Å². The number of esters is 2. The Labute approximate surface area is 286 Å². The number of phosphoric ester groups is 1. The molecule has 272 valence electrons. The summed E-state index contributed by atoms with van der Waals surface area (Å²) in [6.07, 6.45) is 39.8. The van der Waals surface area contributed by atoms with Gasteiger partial charge in [0.1, 0.15) is 6.61 Å². The predicted octanol–water partition coefficient (Wildman–Crippen LogP) is 10.8. The summed E-state index contributed by atoms with van der Waals surface area (Å²) in [5, 5.41) is 0. The molecule has 8 nitrogen and oxygen atoms in total. The lowest BCUT2D eigenvalue weighted by molar-refractivity contribution is -0.161. The number of carbonyl (C=O) groups excluding carboxylic acids is 2. The minimum Gasteiger partial charge on any atom is -0.462 e. The standard InChI is InChI=1S/C38H67O8P/c1-3-5-7-9-11-13-15-17-18-19-20-21-23-25-27-29-31-33-38(40)46-36(35-45-47(41,42)43)34-44-37(39)32-30-28-26-24-22-16-14-12-10-8-6-4-2/h12,14,17-18,20-21,25,27,36H,3-11,13,15-16,19,22-24,26,28-35H2,1-2H3,(H2,41,42,43)/b14-12+,18-17+,21-20+,27-25+/t36-/m1/s1. The topological polar surface area (TPSA) is 119 Å². The van der Waals surface area contributed by atoms with E-state index in [2.05, 4.69) is 60.9 Å². The van der Waals surface area contributed by atoms with Gasteiger partial charge in [-0.1, -0.05) is 127 Å². The van der Waals surface area contributed by atoms with Crippen LogP contribution in [0.3, 0.4) is 0 Å². The largest absolute Gasteiger partial charge is 0.469 e. The molecule has 0 radical (unpaired) electrons. The summed E-state index contributed by atoms with van der Waals surface area (Å²) in [5.74, 6) is -0.960. The van der Waals surface area contributed by atoms with Gasteiger partial charge in [-0.3, -0.25) is 14.1 Å². The molecule has 0 fully saturated rings. The first kappa shape index (κ1) is 45.0. The number of hydrogen-bond acceptors (Lipinski definition) is 6. The van der Waals surface area contributed by atoms with Crippen LogP contribution in [0.4, 0.5) is 0 Å². The highest BCUT2D eigenvalue weighted by molar-refractivity contribution is 7.46. The Kier molecular flexibility index (Phi) is 32.5. The number of ether oxygens (including phenoxy) is 2. The van der Waals surface area contributed by atoms with Gasteiger partial charge in [0, 0.05) is 12.8 Å². The maximum atomic E-state index is 12.3. The second-order valence-electron chi connectivity index (χ2n) is 12.2. The third kappa shape index (κ3) is 36.7. The highest BCUT2D eigenvalue weighted by atomic mass is 31.2. The fraction of sp³-hybridized carbons (Fsp3) is 0.737. The van der Waals surface area contributed by atoms with Crippen molar-refractivity contribution in [2.24, 2.45) is 0 Å². The fourth-order valence-corrected chi connectivity index (χ4v) is 5.15. The summed E-state index contributed by atoms with van der Waals surface area (Å²) >= 11 is 0. The third-order valence-corrected chi connectivity index (χ3v) is 8.06. The van der Waals surface area contributed by atoms with Gasteiger partial charge < -0.3 is 19.3 Å². The van der Waals surface area contributed by atoms with E-state index < -0.39 is 32.5 Å². The molecule has 0 heterocycles. The Morgan fingerprint density at radius 2 is 0.979 bits per heavy atom. The number of allylic oxidation sites excluding steroid dienone is 8. The molecule has 47 heavy (non-hydrogen) atoms. The molecule has 0 aromatic carbocycles. The highest BCUT2D eigenvalue weighted by Gasteiger charge is 2.22. The summed E-state index contributed by atoms with van der Waals surface area (Å²) in [7, 11) is -4.76. The molecule has 1 atom stereocenters. The molecule has 0 aliphatic carbocycles. The zero-order chi connectivity index (χ0) is 34.7. The van der Waals surface area contributed by atoms with Gasteiger partial charge >= 0.3 is 19.8 Å². The Morgan fingerprint density at radius 1 is 0.553 bits per heavy atom. The highest BCUT2D eigenvalue weighted by Crippen LogP contribution is 2.35. The van der Waals surface area contributed by atoms with Gasteiger partial charge in [0.15, 0.2) is 6.10 Å². The molecule has 0 aliphatic rings. The molecule has 0 saturated carbocycles. The van der Waals surface area contributed by atoms with Crippen molar-refractivity contribution in [3.05, 3.63) is 48.6 Å². The van der Waals surface area contributed by atoms with Crippen LogP contribution in [0.25, 0.3) is 0 Å². The van der Waals surface area contributed by atoms with E-state index in [4.69, 9.17) is 19.3 Å². The first-order valence-electron chi connectivity index (χ1n) is 18.4. The van der Waals surface area contributed by atoms with Gasteiger partial charge in [0.2, 0.25) is 0 Å². The molecule has 0 aliphatic heterocycles. The van der Waals surface area contributed by atoms with Gasteiger partial charge in [0.05, 0.1) is 6.61 Å². The molecular formula is C38H67O8P. The lowest BCUT2D eigenvalue weighted by atomic mass is 10.1. The maximum absolute atomic E-state index is 12.3. The summed E-state index contributed by atoms with van der Waals surface area (Å²) in [5.41, 5.74) is 0. The van der Waals surface area contributed by atoms with Gasteiger partial charge in [-0.2, -0.15) is 0 Å². The lowest BCUT2D eigenvalue weighted by Gasteiger charge is -2.18. The molecule has 0 aromatic rings. The van der Waals surface area contributed by atoms with Crippen LogP contribution in [0.15, 0.2) is 48.6 Å². The lowest BCUT2D eigenvalue weighted by Crippen LogP contribution is -2.29.